The minimum Gasteiger partial charge on any atom is -0.497 e. The summed E-state index contributed by atoms with van der Waals surface area (Å²) in [6, 6.07) is 7.63. The number of aromatic nitrogens is 1. The zero-order valence-corrected chi connectivity index (χ0v) is 12.1. The van der Waals surface area contributed by atoms with Gasteiger partial charge in [-0.05, 0) is 31.0 Å². The smallest absolute Gasteiger partial charge is 0.227 e. The van der Waals surface area contributed by atoms with Crippen LogP contribution in [0.5, 0.6) is 5.75 Å². The molecule has 4 nitrogen and oxygen atoms in total. The van der Waals surface area contributed by atoms with Crippen molar-refractivity contribution in [2.24, 2.45) is 5.92 Å². The van der Waals surface area contributed by atoms with Crippen molar-refractivity contribution in [2.45, 2.75) is 26.7 Å². The Labute approximate surface area is 119 Å². The molecule has 1 aromatic carbocycles. The molecule has 20 heavy (non-hydrogen) atoms. The maximum absolute atomic E-state index is 12.1. The van der Waals surface area contributed by atoms with E-state index < -0.39 is 0 Å². The van der Waals surface area contributed by atoms with E-state index in [0.29, 0.717) is 0 Å². The Morgan fingerprint density at radius 1 is 1.30 bits per heavy atom. The third-order valence-corrected chi connectivity index (χ3v) is 3.52. The van der Waals surface area contributed by atoms with Crippen molar-refractivity contribution in [1.29, 1.82) is 0 Å². The largest absolute Gasteiger partial charge is 0.497 e. The van der Waals surface area contributed by atoms with E-state index >= 15 is 0 Å². The number of nitrogens with zero attached hydrogens (tertiary/aromatic N) is 1. The van der Waals surface area contributed by atoms with E-state index in [2.05, 4.69) is 10.3 Å². The highest BCUT2D eigenvalue weighted by Gasteiger charge is 2.14. The summed E-state index contributed by atoms with van der Waals surface area (Å²) in [7, 11) is 1.63. The second-order valence-corrected chi connectivity index (χ2v) is 4.79. The molecule has 0 atom stereocenters. The first-order valence-electron chi connectivity index (χ1n) is 6.92. The molecule has 0 radical (unpaired) electrons. The summed E-state index contributed by atoms with van der Waals surface area (Å²) < 4.78 is 5.17. The Kier molecular flexibility index (Phi) is 4.56. The number of carbonyl (C=O) groups is 1. The van der Waals surface area contributed by atoms with E-state index in [1.807, 2.05) is 38.1 Å². The monoisotopic (exact) mass is 272 g/mol. The Morgan fingerprint density at radius 3 is 2.70 bits per heavy atom. The van der Waals surface area contributed by atoms with Crippen LogP contribution in [0.3, 0.4) is 0 Å². The lowest BCUT2D eigenvalue weighted by molar-refractivity contribution is -0.120. The van der Waals surface area contributed by atoms with E-state index in [4.69, 9.17) is 4.74 Å². The van der Waals surface area contributed by atoms with Gasteiger partial charge < -0.3 is 10.1 Å². The lowest BCUT2D eigenvalue weighted by atomic mass is 10.0. The van der Waals surface area contributed by atoms with Crippen molar-refractivity contribution in [2.75, 3.05) is 12.4 Å². The molecule has 106 valence electrons. The number of hydrogen-bond donors (Lipinski definition) is 1. The van der Waals surface area contributed by atoms with Crippen molar-refractivity contribution in [3.8, 4) is 5.75 Å². The Balaban J connectivity index is 2.22. The molecule has 1 aromatic heterocycles. The quantitative estimate of drug-likeness (QED) is 0.904. The standard InChI is InChI=1S/C16H20N2O2/c1-4-11(5-2)16(19)18-13-8-12-6-7-14(20-3)9-15(12)17-10-13/h6-11H,4-5H2,1-3H3,(H,18,19). The van der Waals surface area contributed by atoms with Gasteiger partial charge >= 0.3 is 0 Å². The maximum Gasteiger partial charge on any atom is 0.227 e. The van der Waals surface area contributed by atoms with Gasteiger partial charge in [-0.15, -0.1) is 0 Å². The number of ether oxygens (including phenoxy) is 1. The lowest BCUT2D eigenvalue weighted by Gasteiger charge is -2.13. The summed E-state index contributed by atoms with van der Waals surface area (Å²) in [4.78, 5) is 16.4. The molecular weight excluding hydrogens is 252 g/mol. The van der Waals surface area contributed by atoms with Crippen LogP contribution in [0.4, 0.5) is 5.69 Å². The summed E-state index contributed by atoms with van der Waals surface area (Å²) in [5.41, 5.74) is 1.59. The normalized spacial score (nSPS) is 10.8. The van der Waals surface area contributed by atoms with Crippen LogP contribution >= 0.6 is 0 Å². The van der Waals surface area contributed by atoms with Crippen LogP contribution in [-0.4, -0.2) is 18.0 Å². The van der Waals surface area contributed by atoms with Gasteiger partial charge in [0.15, 0.2) is 0 Å². The minimum absolute atomic E-state index is 0.0570. The fourth-order valence-electron chi connectivity index (χ4n) is 2.20. The molecule has 2 rings (SSSR count). The Morgan fingerprint density at radius 2 is 2.05 bits per heavy atom. The summed E-state index contributed by atoms with van der Waals surface area (Å²) >= 11 is 0. The van der Waals surface area contributed by atoms with Crippen LogP contribution in [0.2, 0.25) is 0 Å². The number of anilines is 1. The zero-order chi connectivity index (χ0) is 14.5. The average molecular weight is 272 g/mol. The molecule has 0 unspecified atom stereocenters. The molecule has 1 amide bonds. The highest BCUT2D eigenvalue weighted by Crippen LogP contribution is 2.22. The number of fused-ring (bicyclic) bond motifs is 1. The fraction of sp³-hybridized carbons (Fsp3) is 0.375. The van der Waals surface area contributed by atoms with Crippen molar-refractivity contribution in [3.63, 3.8) is 0 Å². The van der Waals surface area contributed by atoms with E-state index in [-0.39, 0.29) is 11.8 Å². The fourth-order valence-corrected chi connectivity index (χ4v) is 2.20. The molecule has 0 aliphatic rings. The number of rotatable bonds is 5. The van der Waals surface area contributed by atoms with E-state index in [1.54, 1.807) is 13.3 Å². The van der Waals surface area contributed by atoms with Gasteiger partial charge in [0.05, 0.1) is 24.5 Å². The van der Waals surface area contributed by atoms with Crippen molar-refractivity contribution in [1.82, 2.24) is 4.98 Å². The third-order valence-electron chi connectivity index (χ3n) is 3.52. The number of methoxy groups -OCH3 is 1. The highest BCUT2D eigenvalue weighted by atomic mass is 16.5. The molecule has 1 heterocycles. The first kappa shape index (κ1) is 14.3. The summed E-state index contributed by atoms with van der Waals surface area (Å²) in [5.74, 6) is 0.894. The van der Waals surface area contributed by atoms with E-state index in [1.165, 1.54) is 0 Å². The average Bonchev–Trinajstić information content (AvgIpc) is 2.48. The van der Waals surface area contributed by atoms with Crippen LogP contribution in [0.25, 0.3) is 10.9 Å². The van der Waals surface area contributed by atoms with Gasteiger partial charge in [0.1, 0.15) is 5.75 Å². The Bertz CT molecular complexity index is 606. The first-order chi connectivity index (χ1) is 9.67. The van der Waals surface area contributed by atoms with Gasteiger partial charge in [0, 0.05) is 17.4 Å². The summed E-state index contributed by atoms with van der Waals surface area (Å²) in [6.45, 7) is 4.05. The predicted molar refractivity (Wildman–Crippen MR) is 81.0 cm³/mol. The van der Waals surface area contributed by atoms with Crippen LogP contribution in [0, 0.1) is 5.92 Å². The summed E-state index contributed by atoms with van der Waals surface area (Å²) in [6.07, 6.45) is 3.38. The highest BCUT2D eigenvalue weighted by molar-refractivity contribution is 5.94. The predicted octanol–water partition coefficient (Wildman–Crippen LogP) is 3.62. The van der Waals surface area contributed by atoms with Gasteiger partial charge in [0.25, 0.3) is 0 Å². The number of carbonyl (C=O) groups excluding carboxylic acids is 1. The van der Waals surface area contributed by atoms with Gasteiger partial charge in [-0.1, -0.05) is 13.8 Å². The lowest BCUT2D eigenvalue weighted by Crippen LogP contribution is -2.21. The van der Waals surface area contributed by atoms with Gasteiger partial charge in [-0.25, -0.2) is 0 Å². The molecule has 1 N–H and O–H groups in total. The van der Waals surface area contributed by atoms with Crippen LogP contribution < -0.4 is 10.1 Å². The number of benzene rings is 1. The minimum atomic E-state index is 0.0570. The second kappa shape index (κ2) is 6.37. The SMILES string of the molecule is CCC(CC)C(=O)Nc1cnc2cc(OC)ccc2c1. The van der Waals surface area contributed by atoms with E-state index in [9.17, 15) is 4.79 Å². The van der Waals surface area contributed by atoms with Crippen molar-refractivity contribution < 1.29 is 9.53 Å². The molecule has 0 aliphatic heterocycles. The van der Waals surface area contributed by atoms with E-state index in [0.717, 1.165) is 35.2 Å². The maximum atomic E-state index is 12.1. The van der Waals surface area contributed by atoms with Gasteiger partial charge in [0.2, 0.25) is 5.91 Å². The first-order valence-corrected chi connectivity index (χ1v) is 6.92. The van der Waals surface area contributed by atoms with Crippen LogP contribution in [0.15, 0.2) is 30.5 Å². The number of pyridine rings is 1. The second-order valence-electron chi connectivity index (χ2n) is 4.79. The topological polar surface area (TPSA) is 51.2 Å². The summed E-state index contributed by atoms with van der Waals surface area (Å²) in [5, 5.41) is 3.91. The number of hydrogen-bond acceptors (Lipinski definition) is 3. The van der Waals surface area contributed by atoms with Gasteiger partial charge in [-0.2, -0.15) is 0 Å². The zero-order valence-electron chi connectivity index (χ0n) is 12.1. The molecular formula is C16H20N2O2. The van der Waals surface area contributed by atoms with Gasteiger partial charge in [-0.3, -0.25) is 9.78 Å². The van der Waals surface area contributed by atoms with Crippen molar-refractivity contribution in [3.05, 3.63) is 30.5 Å². The van der Waals surface area contributed by atoms with Crippen LogP contribution in [0.1, 0.15) is 26.7 Å². The molecule has 0 bridgehead atoms. The molecule has 0 saturated heterocycles. The third kappa shape index (κ3) is 3.07. The van der Waals surface area contributed by atoms with Crippen LogP contribution in [-0.2, 0) is 4.79 Å². The molecule has 0 aliphatic carbocycles. The Hall–Kier alpha value is -2.10. The number of nitrogens with one attached hydrogen (secondary N) is 1. The van der Waals surface area contributed by atoms with Crippen molar-refractivity contribution >= 4 is 22.5 Å². The molecule has 0 spiro atoms. The molecule has 0 fully saturated rings. The molecule has 0 saturated carbocycles. The molecule has 4 heteroatoms. The number of amides is 1. The molecule has 2 aromatic rings.